The highest BCUT2D eigenvalue weighted by Gasteiger charge is 2.34. The molecule has 0 radical (unpaired) electrons. The molecule has 2 atom stereocenters. The van der Waals surface area contributed by atoms with Gasteiger partial charge in [-0.1, -0.05) is 0 Å². The van der Waals surface area contributed by atoms with E-state index in [2.05, 4.69) is 5.16 Å². The van der Waals surface area contributed by atoms with Crippen molar-refractivity contribution in [3.05, 3.63) is 57.6 Å². The zero-order valence-electron chi connectivity index (χ0n) is 12.7. The first-order valence-electron chi connectivity index (χ1n) is 7.55. The Morgan fingerprint density at radius 3 is 2.58 bits per heavy atom. The SMILES string of the molecule is O=C(O)N1CCC(c2cc(=O)[nH]o2)CC1Cc1cc(F)cc(F)c1. The maximum atomic E-state index is 13.4. The smallest absolute Gasteiger partial charge is 0.407 e. The lowest BCUT2D eigenvalue weighted by molar-refractivity contribution is 0.0968. The van der Waals surface area contributed by atoms with Gasteiger partial charge in [-0.15, -0.1) is 0 Å². The summed E-state index contributed by atoms with van der Waals surface area (Å²) in [7, 11) is 0. The number of carbonyl (C=O) groups is 1. The van der Waals surface area contributed by atoms with Crippen LogP contribution in [-0.4, -0.2) is 33.8 Å². The highest BCUT2D eigenvalue weighted by molar-refractivity contribution is 5.65. The number of hydrogen-bond donors (Lipinski definition) is 2. The lowest BCUT2D eigenvalue weighted by atomic mass is 9.86. The molecule has 1 aromatic carbocycles. The Morgan fingerprint density at radius 1 is 1.29 bits per heavy atom. The molecule has 1 aliphatic heterocycles. The highest BCUT2D eigenvalue weighted by Crippen LogP contribution is 2.32. The van der Waals surface area contributed by atoms with Crippen molar-refractivity contribution in [3.8, 4) is 0 Å². The molecule has 2 heterocycles. The average molecular weight is 338 g/mol. The van der Waals surface area contributed by atoms with Gasteiger partial charge in [0.25, 0.3) is 5.56 Å². The van der Waals surface area contributed by atoms with Gasteiger partial charge < -0.3 is 14.5 Å². The molecule has 1 aromatic heterocycles. The Labute approximate surface area is 135 Å². The summed E-state index contributed by atoms with van der Waals surface area (Å²) in [6.45, 7) is 0.261. The minimum atomic E-state index is -1.08. The number of rotatable bonds is 3. The maximum Gasteiger partial charge on any atom is 0.407 e. The Bertz CT molecular complexity index is 781. The van der Waals surface area contributed by atoms with E-state index in [-0.39, 0.29) is 24.4 Å². The van der Waals surface area contributed by atoms with Crippen LogP contribution in [0.2, 0.25) is 0 Å². The molecule has 6 nitrogen and oxygen atoms in total. The molecular weight excluding hydrogens is 322 g/mol. The maximum absolute atomic E-state index is 13.4. The van der Waals surface area contributed by atoms with E-state index in [0.29, 0.717) is 24.2 Å². The number of carboxylic acid groups (broad SMARTS) is 1. The molecule has 1 saturated heterocycles. The van der Waals surface area contributed by atoms with Crippen molar-refractivity contribution in [1.82, 2.24) is 10.1 Å². The molecule has 0 aliphatic carbocycles. The van der Waals surface area contributed by atoms with Gasteiger partial charge in [0, 0.05) is 30.6 Å². The second-order valence-electron chi connectivity index (χ2n) is 5.95. The predicted molar refractivity (Wildman–Crippen MR) is 79.9 cm³/mol. The Kier molecular flexibility index (Phi) is 4.37. The second-order valence-corrected chi connectivity index (χ2v) is 5.95. The normalized spacial score (nSPS) is 21.0. The fraction of sp³-hybridized carbons (Fsp3) is 0.375. The highest BCUT2D eigenvalue weighted by atomic mass is 19.1. The van der Waals surface area contributed by atoms with Crippen LogP contribution in [0.1, 0.15) is 30.1 Å². The van der Waals surface area contributed by atoms with E-state index >= 15 is 0 Å². The van der Waals surface area contributed by atoms with Gasteiger partial charge in [0.1, 0.15) is 17.4 Å². The van der Waals surface area contributed by atoms with Gasteiger partial charge in [0.15, 0.2) is 0 Å². The average Bonchev–Trinajstić information content (AvgIpc) is 2.92. The van der Waals surface area contributed by atoms with Gasteiger partial charge >= 0.3 is 6.09 Å². The van der Waals surface area contributed by atoms with Gasteiger partial charge in [0.2, 0.25) is 0 Å². The predicted octanol–water partition coefficient (Wildman–Crippen LogP) is 2.71. The molecule has 2 aromatic rings. The molecule has 24 heavy (non-hydrogen) atoms. The molecule has 3 rings (SSSR count). The molecular formula is C16H16F2N2O4. The lowest BCUT2D eigenvalue weighted by Crippen LogP contribution is -2.46. The second kappa shape index (κ2) is 6.46. The molecule has 8 heteroatoms. The van der Waals surface area contributed by atoms with Crippen LogP contribution in [-0.2, 0) is 6.42 Å². The third kappa shape index (κ3) is 3.47. The van der Waals surface area contributed by atoms with Crippen molar-refractivity contribution >= 4 is 6.09 Å². The van der Waals surface area contributed by atoms with E-state index in [0.717, 1.165) is 6.07 Å². The number of hydrogen-bond acceptors (Lipinski definition) is 3. The van der Waals surface area contributed by atoms with Crippen LogP contribution in [0.5, 0.6) is 0 Å². The van der Waals surface area contributed by atoms with Crippen LogP contribution in [0.15, 0.2) is 33.6 Å². The largest absolute Gasteiger partial charge is 0.465 e. The summed E-state index contributed by atoms with van der Waals surface area (Å²) in [5, 5.41) is 11.6. The fourth-order valence-corrected chi connectivity index (χ4v) is 3.25. The molecule has 1 aliphatic rings. The molecule has 1 fully saturated rings. The van der Waals surface area contributed by atoms with Crippen LogP contribution < -0.4 is 5.56 Å². The summed E-state index contributed by atoms with van der Waals surface area (Å²) in [6, 6.07) is 4.06. The van der Waals surface area contributed by atoms with Crippen molar-refractivity contribution in [2.24, 2.45) is 0 Å². The number of amides is 1. The summed E-state index contributed by atoms with van der Waals surface area (Å²) >= 11 is 0. The number of aromatic amines is 1. The van der Waals surface area contributed by atoms with Gasteiger partial charge in [-0.05, 0) is 37.0 Å². The van der Waals surface area contributed by atoms with Crippen molar-refractivity contribution in [2.45, 2.75) is 31.2 Å². The van der Waals surface area contributed by atoms with Crippen molar-refractivity contribution in [3.63, 3.8) is 0 Å². The topological polar surface area (TPSA) is 86.5 Å². The van der Waals surface area contributed by atoms with Crippen LogP contribution in [0, 0.1) is 11.6 Å². The fourth-order valence-electron chi connectivity index (χ4n) is 3.25. The van der Waals surface area contributed by atoms with E-state index < -0.39 is 23.8 Å². The Balaban J connectivity index is 1.82. The van der Waals surface area contributed by atoms with Crippen molar-refractivity contribution in [2.75, 3.05) is 6.54 Å². The number of nitrogens with one attached hydrogen (secondary N) is 1. The molecule has 0 spiro atoms. The van der Waals surface area contributed by atoms with Crippen molar-refractivity contribution in [1.29, 1.82) is 0 Å². The van der Waals surface area contributed by atoms with E-state index in [1.807, 2.05) is 0 Å². The zero-order valence-corrected chi connectivity index (χ0v) is 12.7. The first-order chi connectivity index (χ1) is 11.4. The van der Waals surface area contributed by atoms with Gasteiger partial charge in [-0.25, -0.2) is 13.6 Å². The Hall–Kier alpha value is -2.64. The van der Waals surface area contributed by atoms with E-state index in [4.69, 9.17) is 4.52 Å². The van der Waals surface area contributed by atoms with Crippen molar-refractivity contribution < 1.29 is 23.2 Å². The molecule has 2 unspecified atom stereocenters. The quantitative estimate of drug-likeness (QED) is 0.901. The summed E-state index contributed by atoms with van der Waals surface area (Å²) in [5.74, 6) is -1.05. The number of aromatic nitrogens is 1. The number of halogens is 2. The van der Waals surface area contributed by atoms with E-state index in [1.165, 1.54) is 23.1 Å². The summed E-state index contributed by atoms with van der Waals surface area (Å²) in [4.78, 5) is 23.9. The summed E-state index contributed by atoms with van der Waals surface area (Å²) in [6.07, 6.45) is 0.0317. The van der Waals surface area contributed by atoms with Crippen LogP contribution >= 0.6 is 0 Å². The van der Waals surface area contributed by atoms with Crippen LogP contribution in [0.25, 0.3) is 0 Å². The van der Waals surface area contributed by atoms with E-state index in [9.17, 15) is 23.5 Å². The number of nitrogens with zero attached hydrogens (tertiary/aromatic N) is 1. The minimum absolute atomic E-state index is 0.122. The molecule has 128 valence electrons. The third-order valence-corrected chi connectivity index (χ3v) is 4.30. The molecule has 0 saturated carbocycles. The molecule has 0 bridgehead atoms. The minimum Gasteiger partial charge on any atom is -0.465 e. The summed E-state index contributed by atoms with van der Waals surface area (Å²) in [5.41, 5.74) is 0.0364. The van der Waals surface area contributed by atoms with Gasteiger partial charge in [-0.3, -0.25) is 4.79 Å². The molecule has 2 N–H and O–H groups in total. The summed E-state index contributed by atoms with van der Waals surface area (Å²) < 4.78 is 31.8. The molecule has 1 amide bonds. The monoisotopic (exact) mass is 338 g/mol. The third-order valence-electron chi connectivity index (χ3n) is 4.30. The van der Waals surface area contributed by atoms with Gasteiger partial charge in [-0.2, -0.15) is 5.16 Å². The zero-order chi connectivity index (χ0) is 17.3. The number of piperidine rings is 1. The van der Waals surface area contributed by atoms with Gasteiger partial charge in [0.05, 0.1) is 0 Å². The van der Waals surface area contributed by atoms with Crippen LogP contribution in [0.4, 0.5) is 13.6 Å². The number of likely N-dealkylation sites (tertiary alicyclic amines) is 1. The number of benzene rings is 1. The first kappa shape index (κ1) is 16.2. The lowest BCUT2D eigenvalue weighted by Gasteiger charge is -2.37. The Morgan fingerprint density at radius 2 is 2.00 bits per heavy atom. The number of H-pyrrole nitrogens is 1. The standard InChI is InChI=1S/C16H16F2N2O4/c17-11-3-9(4-12(18)7-11)5-13-6-10(1-2-20(13)16(22)23)14-8-15(21)19-24-14/h3-4,7-8,10,13H,1-2,5-6H2,(H,19,21)(H,22,23). The first-order valence-corrected chi connectivity index (χ1v) is 7.55. The van der Waals surface area contributed by atoms with E-state index in [1.54, 1.807) is 0 Å². The van der Waals surface area contributed by atoms with Crippen LogP contribution in [0.3, 0.4) is 0 Å².